The van der Waals surface area contributed by atoms with Gasteiger partial charge in [-0.05, 0) is 49.1 Å². The number of rotatable bonds is 1. The van der Waals surface area contributed by atoms with Crippen LogP contribution in [0.1, 0.15) is 0 Å². The largest absolute Gasteiger partial charge is 0.503 e. The third kappa shape index (κ3) is 4.50. The van der Waals surface area contributed by atoms with Crippen LogP contribution in [0.4, 0.5) is 4.79 Å². The average molecular weight is 374 g/mol. The maximum Gasteiger partial charge on any atom is 0.503 e. The Labute approximate surface area is 121 Å². The van der Waals surface area contributed by atoms with Crippen molar-refractivity contribution >= 4 is 38.0 Å². The number of halogens is 2. The Morgan fingerprint density at radius 3 is 2.00 bits per heavy atom. The van der Waals surface area contributed by atoms with Crippen molar-refractivity contribution < 1.29 is 15.0 Å². The molecule has 5 heteroatoms. The van der Waals surface area contributed by atoms with E-state index in [1.165, 1.54) is 11.1 Å². The van der Waals surface area contributed by atoms with Crippen LogP contribution in [-0.4, -0.2) is 16.4 Å². The van der Waals surface area contributed by atoms with Crippen molar-refractivity contribution in [1.82, 2.24) is 0 Å². The van der Waals surface area contributed by atoms with Crippen LogP contribution in [0.25, 0.3) is 11.1 Å². The average Bonchev–Trinajstić information content (AvgIpc) is 2.33. The normalized spacial score (nSPS) is 9.22. The van der Waals surface area contributed by atoms with Crippen LogP contribution in [0.5, 0.6) is 0 Å². The molecule has 0 aliphatic carbocycles. The topological polar surface area (TPSA) is 57.5 Å². The lowest BCUT2D eigenvalue weighted by molar-refractivity contribution is 0.137. The summed E-state index contributed by atoms with van der Waals surface area (Å²) in [6.07, 6.45) is -1.83. The molecule has 0 amide bonds. The fourth-order valence-electron chi connectivity index (χ4n) is 1.34. The SMILES string of the molecule is Brc1cccc(-c2ccccc2)c1Br.O=C(O)O. The molecule has 0 aromatic heterocycles. The van der Waals surface area contributed by atoms with Crippen molar-refractivity contribution in [2.24, 2.45) is 0 Å². The zero-order chi connectivity index (χ0) is 13.5. The van der Waals surface area contributed by atoms with Crippen LogP contribution >= 0.6 is 31.9 Å². The third-order valence-corrected chi connectivity index (χ3v) is 4.08. The second-order valence-corrected chi connectivity index (χ2v) is 4.90. The first-order valence-corrected chi connectivity index (χ1v) is 6.52. The first kappa shape index (κ1) is 14.7. The molecule has 0 saturated carbocycles. The predicted molar refractivity (Wildman–Crippen MR) is 77.9 cm³/mol. The quantitative estimate of drug-likeness (QED) is 0.730. The predicted octanol–water partition coefficient (Wildman–Crippen LogP) is 5.10. The number of carbonyl (C=O) groups is 1. The molecule has 0 heterocycles. The summed E-state index contributed by atoms with van der Waals surface area (Å²) in [6, 6.07) is 16.5. The van der Waals surface area contributed by atoms with Crippen LogP contribution in [-0.2, 0) is 0 Å². The fraction of sp³-hybridized carbons (Fsp3) is 0. The molecule has 0 bridgehead atoms. The summed E-state index contributed by atoms with van der Waals surface area (Å²) < 4.78 is 2.19. The molecule has 0 aliphatic rings. The highest BCUT2D eigenvalue weighted by atomic mass is 79.9. The molecule has 94 valence electrons. The molecule has 2 rings (SSSR count). The Balaban J connectivity index is 0.000000357. The molecule has 0 saturated heterocycles. The van der Waals surface area contributed by atoms with Gasteiger partial charge in [0.2, 0.25) is 0 Å². The Morgan fingerprint density at radius 2 is 1.44 bits per heavy atom. The number of benzene rings is 2. The summed E-state index contributed by atoms with van der Waals surface area (Å²) in [5, 5.41) is 13.9. The van der Waals surface area contributed by atoms with Crippen LogP contribution in [0.15, 0.2) is 57.5 Å². The Morgan fingerprint density at radius 1 is 0.889 bits per heavy atom. The monoisotopic (exact) mass is 372 g/mol. The third-order valence-electron chi connectivity index (χ3n) is 2.04. The molecule has 0 atom stereocenters. The van der Waals surface area contributed by atoms with Gasteiger partial charge in [-0.15, -0.1) is 0 Å². The zero-order valence-corrected chi connectivity index (χ0v) is 12.3. The van der Waals surface area contributed by atoms with E-state index in [4.69, 9.17) is 15.0 Å². The van der Waals surface area contributed by atoms with E-state index in [0.717, 1.165) is 8.95 Å². The second-order valence-electron chi connectivity index (χ2n) is 3.25. The van der Waals surface area contributed by atoms with Gasteiger partial charge in [-0.1, -0.05) is 42.5 Å². The molecule has 0 radical (unpaired) electrons. The van der Waals surface area contributed by atoms with E-state index < -0.39 is 6.16 Å². The van der Waals surface area contributed by atoms with Gasteiger partial charge in [-0.25, -0.2) is 4.79 Å². The van der Waals surface area contributed by atoms with Crippen molar-refractivity contribution in [3.63, 3.8) is 0 Å². The lowest BCUT2D eigenvalue weighted by Gasteiger charge is -2.05. The van der Waals surface area contributed by atoms with Crippen molar-refractivity contribution in [3.8, 4) is 11.1 Å². The van der Waals surface area contributed by atoms with Gasteiger partial charge >= 0.3 is 6.16 Å². The van der Waals surface area contributed by atoms with Gasteiger partial charge in [0.05, 0.1) is 0 Å². The van der Waals surface area contributed by atoms with Gasteiger partial charge < -0.3 is 10.2 Å². The Bertz CT molecular complexity index is 523. The van der Waals surface area contributed by atoms with Crippen LogP contribution in [0.2, 0.25) is 0 Å². The van der Waals surface area contributed by atoms with Gasteiger partial charge in [0.15, 0.2) is 0 Å². The zero-order valence-electron chi connectivity index (χ0n) is 9.18. The lowest BCUT2D eigenvalue weighted by atomic mass is 10.1. The molecular formula is C13H10Br2O3. The molecule has 2 N–H and O–H groups in total. The minimum absolute atomic E-state index is 1.08. The molecule has 0 unspecified atom stereocenters. The van der Waals surface area contributed by atoms with Crippen LogP contribution < -0.4 is 0 Å². The molecule has 0 spiro atoms. The molecular weight excluding hydrogens is 364 g/mol. The Hall–Kier alpha value is -1.33. The fourth-order valence-corrected chi connectivity index (χ4v) is 2.20. The van der Waals surface area contributed by atoms with Crippen LogP contribution in [0.3, 0.4) is 0 Å². The highest BCUT2D eigenvalue weighted by Crippen LogP contribution is 2.33. The van der Waals surface area contributed by atoms with Gasteiger partial charge in [-0.3, -0.25) is 0 Å². The minimum Gasteiger partial charge on any atom is -0.450 e. The summed E-state index contributed by atoms with van der Waals surface area (Å²) in [5.74, 6) is 0. The summed E-state index contributed by atoms with van der Waals surface area (Å²) in [6.45, 7) is 0. The Kier molecular flexibility index (Phi) is 5.88. The maximum atomic E-state index is 8.56. The molecule has 2 aromatic carbocycles. The van der Waals surface area contributed by atoms with Crippen molar-refractivity contribution in [2.75, 3.05) is 0 Å². The number of carboxylic acid groups (broad SMARTS) is 2. The summed E-state index contributed by atoms with van der Waals surface area (Å²) >= 11 is 7.07. The van der Waals surface area contributed by atoms with E-state index in [-0.39, 0.29) is 0 Å². The van der Waals surface area contributed by atoms with Gasteiger partial charge in [0, 0.05) is 8.95 Å². The molecule has 18 heavy (non-hydrogen) atoms. The van der Waals surface area contributed by atoms with E-state index in [9.17, 15) is 0 Å². The maximum absolute atomic E-state index is 8.56. The first-order valence-electron chi connectivity index (χ1n) is 4.93. The minimum atomic E-state index is -1.83. The van der Waals surface area contributed by atoms with Gasteiger partial charge in [0.1, 0.15) is 0 Å². The standard InChI is InChI=1S/C12H8Br2.CH2O3/c13-11-8-4-7-10(12(11)14)9-5-2-1-3-6-9;2-1(3)4/h1-8H;(H2,2,3,4). The number of hydrogen-bond acceptors (Lipinski definition) is 1. The van der Waals surface area contributed by atoms with E-state index in [0.29, 0.717) is 0 Å². The van der Waals surface area contributed by atoms with E-state index in [1.54, 1.807) is 0 Å². The van der Waals surface area contributed by atoms with Crippen molar-refractivity contribution in [1.29, 1.82) is 0 Å². The summed E-state index contributed by atoms with van der Waals surface area (Å²) in [5.41, 5.74) is 2.43. The second kappa shape index (κ2) is 7.18. The van der Waals surface area contributed by atoms with E-state index >= 15 is 0 Å². The number of hydrogen-bond donors (Lipinski definition) is 2. The van der Waals surface area contributed by atoms with Gasteiger partial charge in [0.25, 0.3) is 0 Å². The molecule has 3 nitrogen and oxygen atoms in total. The van der Waals surface area contributed by atoms with Crippen LogP contribution in [0, 0.1) is 0 Å². The van der Waals surface area contributed by atoms with E-state index in [2.05, 4.69) is 50.1 Å². The highest BCUT2D eigenvalue weighted by Gasteiger charge is 2.04. The van der Waals surface area contributed by atoms with E-state index in [1.807, 2.05) is 30.3 Å². The van der Waals surface area contributed by atoms with Gasteiger partial charge in [-0.2, -0.15) is 0 Å². The van der Waals surface area contributed by atoms with Crippen molar-refractivity contribution in [3.05, 3.63) is 57.5 Å². The smallest absolute Gasteiger partial charge is 0.450 e. The molecule has 2 aromatic rings. The molecule has 0 aliphatic heterocycles. The summed E-state index contributed by atoms with van der Waals surface area (Å²) in [7, 11) is 0. The molecule has 0 fully saturated rings. The lowest BCUT2D eigenvalue weighted by Crippen LogP contribution is -1.81. The highest BCUT2D eigenvalue weighted by molar-refractivity contribution is 9.13. The summed E-state index contributed by atoms with van der Waals surface area (Å²) in [4.78, 5) is 8.56. The van der Waals surface area contributed by atoms with Crippen molar-refractivity contribution in [2.45, 2.75) is 0 Å². The first-order chi connectivity index (χ1) is 8.52.